The number of thiocarbonyl (C=S) groups is 1. The van der Waals surface area contributed by atoms with Crippen molar-refractivity contribution in [1.82, 2.24) is 0 Å². The molecule has 0 heterocycles. The van der Waals surface area contributed by atoms with E-state index in [1.807, 2.05) is 0 Å². The molecule has 0 unspecified atom stereocenters. The maximum atomic E-state index is 13.6. The molecule has 21 heavy (non-hydrogen) atoms. The van der Waals surface area contributed by atoms with Crippen molar-refractivity contribution in [2.45, 2.75) is 6.18 Å². The third-order valence-electron chi connectivity index (χ3n) is 2.74. The van der Waals surface area contributed by atoms with Crippen LogP contribution in [-0.2, 0) is 6.18 Å². The molecule has 0 aromatic heterocycles. The van der Waals surface area contributed by atoms with E-state index >= 15 is 0 Å². The summed E-state index contributed by atoms with van der Waals surface area (Å²) < 4.78 is 51.4. The quantitative estimate of drug-likeness (QED) is 0.658. The largest absolute Gasteiger partial charge is 0.416 e. The van der Waals surface area contributed by atoms with Crippen molar-refractivity contribution in [2.75, 3.05) is 5.32 Å². The van der Waals surface area contributed by atoms with Crippen LogP contribution in [-0.4, -0.2) is 4.99 Å². The molecule has 0 aliphatic rings. The Bertz CT molecular complexity index is 666. The van der Waals surface area contributed by atoms with E-state index in [-0.39, 0.29) is 10.7 Å². The van der Waals surface area contributed by atoms with Gasteiger partial charge in [0.15, 0.2) is 0 Å². The Balaban J connectivity index is 2.28. The zero-order valence-corrected chi connectivity index (χ0v) is 11.4. The average Bonchev–Trinajstić information content (AvgIpc) is 2.40. The molecule has 0 radical (unpaired) electrons. The van der Waals surface area contributed by atoms with Crippen LogP contribution >= 0.6 is 12.2 Å². The molecule has 2 nitrogen and oxygen atoms in total. The number of hydrogen-bond donors (Lipinski definition) is 2. The Kier molecular flexibility index (Phi) is 4.13. The lowest BCUT2D eigenvalue weighted by molar-refractivity contribution is -0.137. The average molecular weight is 314 g/mol. The van der Waals surface area contributed by atoms with E-state index in [9.17, 15) is 17.6 Å². The van der Waals surface area contributed by atoms with Gasteiger partial charge in [-0.15, -0.1) is 0 Å². The molecule has 0 aliphatic heterocycles. The first-order valence-corrected chi connectivity index (χ1v) is 6.22. The van der Waals surface area contributed by atoms with Gasteiger partial charge in [-0.25, -0.2) is 4.39 Å². The van der Waals surface area contributed by atoms with E-state index in [0.717, 1.165) is 12.1 Å². The fourth-order valence-electron chi connectivity index (χ4n) is 1.67. The summed E-state index contributed by atoms with van der Waals surface area (Å²) in [5, 5.41) is 2.59. The van der Waals surface area contributed by atoms with Gasteiger partial charge in [0.1, 0.15) is 10.8 Å². The maximum absolute atomic E-state index is 13.6. The highest BCUT2D eigenvalue weighted by atomic mass is 32.1. The van der Waals surface area contributed by atoms with Crippen LogP contribution in [0.4, 0.5) is 28.9 Å². The summed E-state index contributed by atoms with van der Waals surface area (Å²) in [6.07, 6.45) is -4.53. The monoisotopic (exact) mass is 314 g/mol. The SMILES string of the molecule is NC(=S)c1ccc(Nc2cc(C(F)(F)F)ccc2F)cc1. The minimum Gasteiger partial charge on any atom is -0.389 e. The zero-order chi connectivity index (χ0) is 15.6. The van der Waals surface area contributed by atoms with E-state index in [1.165, 1.54) is 0 Å². The van der Waals surface area contributed by atoms with Crippen molar-refractivity contribution in [3.8, 4) is 0 Å². The number of benzene rings is 2. The lowest BCUT2D eigenvalue weighted by Crippen LogP contribution is -2.09. The number of anilines is 2. The number of nitrogens with two attached hydrogens (primary N) is 1. The molecule has 7 heteroatoms. The Labute approximate surface area is 123 Å². The molecule has 110 valence electrons. The Morgan fingerprint density at radius 1 is 1.05 bits per heavy atom. The summed E-state index contributed by atoms with van der Waals surface area (Å²) in [6.45, 7) is 0. The molecule has 2 rings (SSSR count). The van der Waals surface area contributed by atoms with Crippen molar-refractivity contribution in [3.05, 3.63) is 59.4 Å². The molecule has 2 aromatic carbocycles. The highest BCUT2D eigenvalue weighted by molar-refractivity contribution is 7.80. The highest BCUT2D eigenvalue weighted by Crippen LogP contribution is 2.32. The van der Waals surface area contributed by atoms with Crippen LogP contribution in [0.15, 0.2) is 42.5 Å². The number of nitrogens with one attached hydrogen (secondary N) is 1. The molecule has 3 N–H and O–H groups in total. The smallest absolute Gasteiger partial charge is 0.389 e. The van der Waals surface area contributed by atoms with Crippen LogP contribution in [0.5, 0.6) is 0 Å². The van der Waals surface area contributed by atoms with E-state index in [0.29, 0.717) is 17.3 Å². The lowest BCUT2D eigenvalue weighted by Gasteiger charge is -2.12. The number of halogens is 4. The van der Waals surface area contributed by atoms with Gasteiger partial charge in [0.25, 0.3) is 0 Å². The first kappa shape index (κ1) is 15.2. The summed E-state index contributed by atoms with van der Waals surface area (Å²) in [5.41, 5.74) is 5.29. The van der Waals surface area contributed by atoms with E-state index < -0.39 is 17.6 Å². The molecule has 0 amide bonds. The molecule has 2 aromatic rings. The van der Waals surface area contributed by atoms with Gasteiger partial charge >= 0.3 is 6.18 Å². The van der Waals surface area contributed by atoms with Crippen LogP contribution in [0, 0.1) is 5.82 Å². The van der Waals surface area contributed by atoms with Crippen molar-refractivity contribution >= 4 is 28.6 Å². The fourth-order valence-corrected chi connectivity index (χ4v) is 1.81. The molecule has 0 atom stereocenters. The van der Waals surface area contributed by atoms with E-state index in [4.69, 9.17) is 18.0 Å². The number of hydrogen-bond acceptors (Lipinski definition) is 2. The van der Waals surface area contributed by atoms with Crippen LogP contribution in [0.2, 0.25) is 0 Å². The van der Waals surface area contributed by atoms with Crippen molar-refractivity contribution in [3.63, 3.8) is 0 Å². The fraction of sp³-hybridized carbons (Fsp3) is 0.0714. The highest BCUT2D eigenvalue weighted by Gasteiger charge is 2.31. The van der Waals surface area contributed by atoms with Gasteiger partial charge in [0, 0.05) is 11.3 Å². The summed E-state index contributed by atoms with van der Waals surface area (Å²) in [4.78, 5) is 0.201. The molecule has 0 saturated heterocycles. The lowest BCUT2D eigenvalue weighted by atomic mass is 10.1. The van der Waals surface area contributed by atoms with E-state index in [1.54, 1.807) is 24.3 Å². The topological polar surface area (TPSA) is 38.0 Å². The van der Waals surface area contributed by atoms with E-state index in [2.05, 4.69) is 5.32 Å². The van der Waals surface area contributed by atoms with Gasteiger partial charge in [-0.1, -0.05) is 12.2 Å². The second-order valence-corrected chi connectivity index (χ2v) is 4.70. The number of rotatable bonds is 3. The summed E-state index contributed by atoms with van der Waals surface area (Å²) in [7, 11) is 0. The first-order valence-electron chi connectivity index (χ1n) is 5.81. The first-order chi connectivity index (χ1) is 9.77. The molecule has 0 aliphatic carbocycles. The second-order valence-electron chi connectivity index (χ2n) is 4.26. The zero-order valence-electron chi connectivity index (χ0n) is 10.5. The van der Waals surface area contributed by atoms with Crippen molar-refractivity contribution in [1.29, 1.82) is 0 Å². The van der Waals surface area contributed by atoms with Crippen LogP contribution in [0.25, 0.3) is 0 Å². The van der Waals surface area contributed by atoms with Gasteiger partial charge in [0.2, 0.25) is 0 Å². The Hall–Kier alpha value is -2.15. The molecule has 0 saturated carbocycles. The van der Waals surface area contributed by atoms with Crippen molar-refractivity contribution in [2.24, 2.45) is 5.73 Å². The third kappa shape index (κ3) is 3.69. The minimum atomic E-state index is -4.53. The van der Waals surface area contributed by atoms with Crippen molar-refractivity contribution < 1.29 is 17.6 Å². The van der Waals surface area contributed by atoms with Gasteiger partial charge in [-0.3, -0.25) is 0 Å². The molecule has 0 spiro atoms. The molecule has 0 fully saturated rings. The summed E-state index contributed by atoms with van der Waals surface area (Å²) in [6, 6.07) is 8.47. The molecule has 0 bridgehead atoms. The summed E-state index contributed by atoms with van der Waals surface area (Å²) >= 11 is 4.79. The van der Waals surface area contributed by atoms with Crippen LogP contribution in [0.3, 0.4) is 0 Å². The third-order valence-corrected chi connectivity index (χ3v) is 2.98. The maximum Gasteiger partial charge on any atom is 0.416 e. The molecular formula is C14H10F4N2S. The molecular weight excluding hydrogens is 304 g/mol. The Morgan fingerprint density at radius 2 is 1.67 bits per heavy atom. The predicted octanol–water partition coefficient (Wildman–Crippen LogP) is 4.22. The number of alkyl halides is 3. The normalized spacial score (nSPS) is 11.2. The second kappa shape index (κ2) is 5.69. The standard InChI is InChI=1S/C14H10F4N2S/c15-11-6-3-9(14(16,17)18)7-12(11)20-10-4-1-8(2-5-10)13(19)21/h1-7,20H,(H2,19,21). The van der Waals surface area contributed by atoms with Gasteiger partial charge in [0.05, 0.1) is 11.3 Å². The summed E-state index contributed by atoms with van der Waals surface area (Å²) in [5.74, 6) is -0.776. The van der Waals surface area contributed by atoms with Crippen LogP contribution < -0.4 is 11.1 Å². The van der Waals surface area contributed by atoms with Gasteiger partial charge < -0.3 is 11.1 Å². The Morgan fingerprint density at radius 3 is 2.19 bits per heavy atom. The predicted molar refractivity (Wildman–Crippen MR) is 77.0 cm³/mol. The van der Waals surface area contributed by atoms with Crippen LogP contribution in [0.1, 0.15) is 11.1 Å². The minimum absolute atomic E-state index is 0.201. The van der Waals surface area contributed by atoms with Gasteiger partial charge in [-0.2, -0.15) is 13.2 Å². The van der Waals surface area contributed by atoms with Gasteiger partial charge in [-0.05, 0) is 42.5 Å².